The van der Waals surface area contributed by atoms with Crippen LogP contribution in [0.1, 0.15) is 45.4 Å². The number of nitrogens with one attached hydrogen (secondary N) is 2. The normalized spacial score (nSPS) is 11.4. The number of carboxylic acid groups (broad SMARTS) is 1. The summed E-state index contributed by atoms with van der Waals surface area (Å²) in [5.74, 6) is 2.09. The number of carboxylic acids is 1. The SMILES string of the molecule is C#CCCCNC(=O)NCCC(CC)CCC(=O)O. The molecule has 108 valence electrons. The molecule has 0 aliphatic rings. The lowest BCUT2D eigenvalue weighted by Gasteiger charge is -2.14. The first-order chi connectivity index (χ1) is 9.10. The maximum absolute atomic E-state index is 11.4. The molecule has 0 bridgehead atoms. The number of terminal acetylenes is 1. The van der Waals surface area contributed by atoms with Crippen molar-refractivity contribution in [2.45, 2.75) is 45.4 Å². The van der Waals surface area contributed by atoms with Gasteiger partial charge in [-0.15, -0.1) is 12.3 Å². The molecule has 1 atom stereocenters. The molecule has 0 aromatic heterocycles. The third kappa shape index (κ3) is 11.1. The van der Waals surface area contributed by atoms with Gasteiger partial charge in [-0.2, -0.15) is 0 Å². The Morgan fingerprint density at radius 2 is 1.95 bits per heavy atom. The molecule has 0 saturated carbocycles. The van der Waals surface area contributed by atoms with Crippen LogP contribution in [0.15, 0.2) is 0 Å². The van der Waals surface area contributed by atoms with Crippen molar-refractivity contribution < 1.29 is 14.7 Å². The fraction of sp³-hybridized carbons (Fsp3) is 0.714. The van der Waals surface area contributed by atoms with Crippen LogP contribution in [-0.4, -0.2) is 30.2 Å². The fourth-order valence-electron chi connectivity index (χ4n) is 1.72. The van der Waals surface area contributed by atoms with Crippen LogP contribution in [0.25, 0.3) is 0 Å². The van der Waals surface area contributed by atoms with Gasteiger partial charge in [-0.3, -0.25) is 4.79 Å². The van der Waals surface area contributed by atoms with E-state index in [-0.39, 0.29) is 12.5 Å². The molecule has 0 saturated heterocycles. The highest BCUT2D eigenvalue weighted by atomic mass is 16.4. The molecule has 0 aliphatic carbocycles. The molecule has 0 heterocycles. The van der Waals surface area contributed by atoms with Crippen molar-refractivity contribution in [3.63, 3.8) is 0 Å². The molecule has 3 N–H and O–H groups in total. The molecule has 0 fully saturated rings. The van der Waals surface area contributed by atoms with Gasteiger partial charge >= 0.3 is 12.0 Å². The number of amides is 2. The number of aliphatic carboxylic acids is 1. The van der Waals surface area contributed by atoms with Gasteiger partial charge in [0, 0.05) is 25.9 Å². The van der Waals surface area contributed by atoms with E-state index in [0.29, 0.717) is 31.8 Å². The Kier molecular flexibility index (Phi) is 10.4. The van der Waals surface area contributed by atoms with Crippen molar-refractivity contribution in [2.75, 3.05) is 13.1 Å². The maximum Gasteiger partial charge on any atom is 0.314 e. The maximum atomic E-state index is 11.4. The second kappa shape index (κ2) is 11.4. The topological polar surface area (TPSA) is 78.4 Å². The number of carbonyl (C=O) groups is 2. The Hall–Kier alpha value is -1.70. The van der Waals surface area contributed by atoms with Crippen LogP contribution in [0.4, 0.5) is 4.79 Å². The number of carbonyl (C=O) groups excluding carboxylic acids is 1. The third-order valence-corrected chi connectivity index (χ3v) is 2.97. The molecule has 0 spiro atoms. The summed E-state index contributed by atoms with van der Waals surface area (Å²) in [6, 6.07) is -0.190. The highest BCUT2D eigenvalue weighted by molar-refractivity contribution is 5.73. The van der Waals surface area contributed by atoms with E-state index in [4.69, 9.17) is 11.5 Å². The number of hydrogen-bond donors (Lipinski definition) is 3. The summed E-state index contributed by atoms with van der Waals surface area (Å²) in [4.78, 5) is 21.9. The van der Waals surface area contributed by atoms with Crippen LogP contribution >= 0.6 is 0 Å². The molecule has 5 nitrogen and oxygen atoms in total. The molecular weight excluding hydrogens is 244 g/mol. The molecule has 0 aliphatic heterocycles. The summed E-state index contributed by atoms with van der Waals surface area (Å²) in [5.41, 5.74) is 0. The zero-order valence-corrected chi connectivity index (χ0v) is 11.6. The number of rotatable bonds is 10. The summed E-state index contributed by atoms with van der Waals surface area (Å²) in [7, 11) is 0. The van der Waals surface area contributed by atoms with Crippen molar-refractivity contribution in [3.8, 4) is 12.3 Å². The van der Waals surface area contributed by atoms with Crippen molar-refractivity contribution in [1.82, 2.24) is 10.6 Å². The average molecular weight is 268 g/mol. The van der Waals surface area contributed by atoms with Gasteiger partial charge < -0.3 is 15.7 Å². The zero-order chi connectivity index (χ0) is 14.5. The Balaban J connectivity index is 3.60. The van der Waals surface area contributed by atoms with Gasteiger partial charge in [0.25, 0.3) is 0 Å². The first-order valence-electron chi connectivity index (χ1n) is 6.77. The lowest BCUT2D eigenvalue weighted by Crippen LogP contribution is -2.37. The second-order valence-electron chi connectivity index (χ2n) is 4.49. The van der Waals surface area contributed by atoms with E-state index in [9.17, 15) is 9.59 Å². The van der Waals surface area contributed by atoms with E-state index in [1.54, 1.807) is 0 Å². The highest BCUT2D eigenvalue weighted by Crippen LogP contribution is 2.14. The van der Waals surface area contributed by atoms with Crippen LogP contribution in [0, 0.1) is 18.3 Å². The van der Waals surface area contributed by atoms with Crippen LogP contribution in [0.5, 0.6) is 0 Å². The fourth-order valence-corrected chi connectivity index (χ4v) is 1.72. The van der Waals surface area contributed by atoms with Crippen LogP contribution in [-0.2, 0) is 4.79 Å². The van der Waals surface area contributed by atoms with Crippen molar-refractivity contribution in [1.29, 1.82) is 0 Å². The Labute approximate surface area is 115 Å². The first kappa shape index (κ1) is 17.3. The van der Waals surface area contributed by atoms with Crippen molar-refractivity contribution in [2.24, 2.45) is 5.92 Å². The summed E-state index contributed by atoms with van der Waals surface area (Å²) in [6.45, 7) is 3.18. The molecule has 19 heavy (non-hydrogen) atoms. The number of urea groups is 1. The molecule has 0 rings (SSSR count). The Morgan fingerprint density at radius 3 is 2.53 bits per heavy atom. The van der Waals surface area contributed by atoms with E-state index in [2.05, 4.69) is 16.6 Å². The summed E-state index contributed by atoms with van der Waals surface area (Å²) in [6.07, 6.45) is 9.13. The van der Waals surface area contributed by atoms with E-state index in [1.165, 1.54) is 0 Å². The van der Waals surface area contributed by atoms with Gasteiger partial charge in [0.2, 0.25) is 0 Å². The molecule has 0 aromatic rings. The molecule has 1 unspecified atom stereocenters. The minimum atomic E-state index is -0.766. The average Bonchev–Trinajstić information content (AvgIpc) is 2.38. The monoisotopic (exact) mass is 268 g/mol. The van der Waals surface area contributed by atoms with Gasteiger partial charge in [-0.05, 0) is 25.2 Å². The number of hydrogen-bond acceptors (Lipinski definition) is 2. The summed E-state index contributed by atoms with van der Waals surface area (Å²) < 4.78 is 0. The van der Waals surface area contributed by atoms with E-state index in [0.717, 1.165) is 19.3 Å². The predicted octanol–water partition coefficient (Wildman–Crippen LogP) is 1.98. The summed E-state index contributed by atoms with van der Waals surface area (Å²) in [5, 5.41) is 14.1. The molecular formula is C14H24N2O3. The lowest BCUT2D eigenvalue weighted by molar-refractivity contribution is -0.137. The standard InChI is InChI=1S/C14H24N2O3/c1-3-5-6-10-15-14(19)16-11-9-12(4-2)7-8-13(17)18/h1,12H,4-11H2,2H3,(H,17,18)(H2,15,16,19). The molecule has 5 heteroatoms. The van der Waals surface area contributed by atoms with Gasteiger partial charge in [0.15, 0.2) is 0 Å². The van der Waals surface area contributed by atoms with Crippen molar-refractivity contribution >= 4 is 12.0 Å². The minimum absolute atomic E-state index is 0.190. The third-order valence-electron chi connectivity index (χ3n) is 2.97. The van der Waals surface area contributed by atoms with Gasteiger partial charge in [0.05, 0.1) is 0 Å². The van der Waals surface area contributed by atoms with Gasteiger partial charge in [-0.25, -0.2) is 4.79 Å². The van der Waals surface area contributed by atoms with E-state index in [1.807, 2.05) is 6.92 Å². The van der Waals surface area contributed by atoms with Gasteiger partial charge in [-0.1, -0.05) is 13.3 Å². The van der Waals surface area contributed by atoms with Crippen LogP contribution in [0.2, 0.25) is 0 Å². The number of unbranched alkanes of at least 4 members (excludes halogenated alkanes) is 1. The van der Waals surface area contributed by atoms with Crippen LogP contribution in [0.3, 0.4) is 0 Å². The Morgan fingerprint density at radius 1 is 1.26 bits per heavy atom. The molecule has 0 radical (unpaired) electrons. The smallest absolute Gasteiger partial charge is 0.314 e. The first-order valence-corrected chi connectivity index (χ1v) is 6.77. The van der Waals surface area contributed by atoms with E-state index < -0.39 is 5.97 Å². The van der Waals surface area contributed by atoms with Crippen molar-refractivity contribution in [3.05, 3.63) is 0 Å². The lowest BCUT2D eigenvalue weighted by atomic mass is 9.97. The van der Waals surface area contributed by atoms with Crippen LogP contribution < -0.4 is 10.6 Å². The zero-order valence-electron chi connectivity index (χ0n) is 11.6. The molecule has 0 aromatic carbocycles. The second-order valence-corrected chi connectivity index (χ2v) is 4.49. The van der Waals surface area contributed by atoms with Gasteiger partial charge in [0.1, 0.15) is 0 Å². The predicted molar refractivity (Wildman–Crippen MR) is 74.7 cm³/mol. The summed E-state index contributed by atoms with van der Waals surface area (Å²) >= 11 is 0. The largest absolute Gasteiger partial charge is 0.481 e. The highest BCUT2D eigenvalue weighted by Gasteiger charge is 2.09. The minimum Gasteiger partial charge on any atom is -0.481 e. The van der Waals surface area contributed by atoms with E-state index >= 15 is 0 Å². The quantitative estimate of drug-likeness (QED) is 0.419. The Bertz CT molecular complexity index is 310. The molecule has 2 amide bonds.